The van der Waals surface area contributed by atoms with E-state index in [4.69, 9.17) is 9.29 Å². The van der Waals surface area contributed by atoms with Gasteiger partial charge in [-0.3, -0.25) is 9.35 Å². The molecule has 0 amide bonds. The summed E-state index contributed by atoms with van der Waals surface area (Å²) in [5, 5.41) is -3.52. The molecule has 1 atom stereocenters. The van der Waals surface area contributed by atoms with Gasteiger partial charge >= 0.3 is 12.1 Å². The average Bonchev–Trinajstić information content (AvgIpc) is 2.31. The molecule has 4 rings (SSSR count). The highest BCUT2D eigenvalue weighted by molar-refractivity contribution is 7.87. The van der Waals surface area contributed by atoms with Gasteiger partial charge in [0.05, 0.1) is 6.61 Å². The summed E-state index contributed by atoms with van der Waals surface area (Å²) in [4.78, 5) is 11.6. The number of ether oxygens (including phenoxy) is 1. The molecule has 9 heteroatoms. The van der Waals surface area contributed by atoms with E-state index in [2.05, 4.69) is 0 Å². The molecule has 0 aromatic carbocycles. The quantitative estimate of drug-likeness (QED) is 0.618. The normalized spacial score (nSPS) is 37.7. The van der Waals surface area contributed by atoms with Gasteiger partial charge in [-0.15, -0.1) is 0 Å². The van der Waals surface area contributed by atoms with Crippen molar-refractivity contribution in [3.05, 3.63) is 0 Å². The fourth-order valence-electron chi connectivity index (χ4n) is 5.19. The summed E-state index contributed by atoms with van der Waals surface area (Å²) in [6, 6.07) is 0. The Labute approximate surface area is 132 Å². The van der Waals surface area contributed by atoms with E-state index in [-0.39, 0.29) is 12.0 Å². The lowest BCUT2D eigenvalue weighted by Gasteiger charge is -2.56. The Morgan fingerprint density at radius 3 is 1.91 bits per heavy atom. The van der Waals surface area contributed by atoms with Crippen LogP contribution in [0.3, 0.4) is 0 Å². The summed E-state index contributed by atoms with van der Waals surface area (Å²) in [5.74, 6) is -0.351. The maximum absolute atomic E-state index is 12.7. The molecule has 0 aromatic heterocycles. The van der Waals surface area contributed by atoms with Gasteiger partial charge in [0, 0.05) is 5.41 Å². The number of carbonyl (C=O) groups is 1. The van der Waals surface area contributed by atoms with Crippen molar-refractivity contribution in [3.63, 3.8) is 0 Å². The molecular weight excluding hydrogens is 337 g/mol. The summed E-state index contributed by atoms with van der Waals surface area (Å²) < 4.78 is 73.3. The van der Waals surface area contributed by atoms with Crippen molar-refractivity contribution in [1.29, 1.82) is 0 Å². The number of alkyl halides is 3. The average molecular weight is 356 g/mol. The van der Waals surface area contributed by atoms with E-state index in [0.29, 0.717) is 17.8 Å². The Hall–Kier alpha value is -0.830. The monoisotopic (exact) mass is 356 g/mol. The highest BCUT2D eigenvalue weighted by atomic mass is 32.2. The van der Waals surface area contributed by atoms with Crippen molar-refractivity contribution in [3.8, 4) is 0 Å². The molecule has 132 valence electrons. The van der Waals surface area contributed by atoms with E-state index >= 15 is 0 Å². The predicted molar refractivity (Wildman–Crippen MR) is 73.0 cm³/mol. The van der Waals surface area contributed by atoms with Gasteiger partial charge in [0.25, 0.3) is 15.4 Å². The molecule has 4 bridgehead atoms. The van der Waals surface area contributed by atoms with Crippen molar-refractivity contribution in [1.82, 2.24) is 0 Å². The molecule has 4 aliphatic rings. The zero-order valence-corrected chi connectivity index (χ0v) is 13.2. The fraction of sp³-hybridized carbons (Fsp3) is 0.929. The zero-order chi connectivity index (χ0) is 17.0. The van der Waals surface area contributed by atoms with Crippen LogP contribution in [0.4, 0.5) is 13.2 Å². The minimum atomic E-state index is -5.60. The molecular formula is C14H19F3O5S. The van der Waals surface area contributed by atoms with Gasteiger partial charge in [-0.25, -0.2) is 0 Å². The van der Waals surface area contributed by atoms with Gasteiger partial charge in [0.15, 0.2) is 0 Å². The Kier molecular flexibility index (Phi) is 3.95. The molecule has 4 aliphatic carbocycles. The maximum atomic E-state index is 12.7. The smallest absolute Gasteiger partial charge is 0.418 e. The van der Waals surface area contributed by atoms with Gasteiger partial charge in [-0.05, 0) is 56.3 Å². The molecule has 4 fully saturated rings. The highest BCUT2D eigenvalue weighted by Crippen LogP contribution is 2.60. The molecule has 0 heterocycles. The lowest BCUT2D eigenvalue weighted by atomic mass is 9.50. The molecule has 0 spiro atoms. The number of rotatable bonds is 4. The van der Waals surface area contributed by atoms with Crippen LogP contribution in [-0.2, 0) is 19.6 Å². The molecule has 0 aliphatic heterocycles. The first-order valence-corrected chi connectivity index (χ1v) is 9.18. The molecule has 5 nitrogen and oxygen atoms in total. The van der Waals surface area contributed by atoms with Gasteiger partial charge < -0.3 is 4.74 Å². The molecule has 1 unspecified atom stereocenters. The highest BCUT2D eigenvalue weighted by Gasteiger charge is 2.56. The van der Waals surface area contributed by atoms with E-state index in [1.807, 2.05) is 0 Å². The van der Waals surface area contributed by atoms with E-state index in [1.54, 1.807) is 0 Å². The van der Waals surface area contributed by atoms with Crippen LogP contribution in [-0.4, -0.2) is 37.0 Å². The minimum Gasteiger partial charge on any atom is -0.464 e. The summed E-state index contributed by atoms with van der Waals surface area (Å²) in [5.41, 5.74) is -0.320. The van der Waals surface area contributed by atoms with Crippen LogP contribution < -0.4 is 0 Å². The minimum absolute atomic E-state index is 0.197. The van der Waals surface area contributed by atoms with Crippen LogP contribution in [0.25, 0.3) is 0 Å². The predicted octanol–water partition coefficient (Wildman–Crippen LogP) is 2.56. The van der Waals surface area contributed by atoms with Gasteiger partial charge in [0.1, 0.15) is 0 Å². The van der Waals surface area contributed by atoms with Crippen LogP contribution in [0, 0.1) is 23.2 Å². The van der Waals surface area contributed by atoms with Gasteiger partial charge in [-0.2, -0.15) is 21.6 Å². The SMILES string of the molecule is O=C(OCC12CC3CC(CC(C3)C1)C2)C(C(F)(F)F)S(=O)(=O)O. The first-order chi connectivity index (χ1) is 10.5. The Balaban J connectivity index is 1.69. The first-order valence-electron chi connectivity index (χ1n) is 7.68. The van der Waals surface area contributed by atoms with E-state index in [9.17, 15) is 26.4 Å². The molecule has 0 saturated heterocycles. The number of halogens is 3. The summed E-state index contributed by atoms with van der Waals surface area (Å²) in [7, 11) is -5.60. The maximum Gasteiger partial charge on any atom is 0.418 e. The van der Waals surface area contributed by atoms with Crippen LogP contribution in [0.15, 0.2) is 0 Å². The molecule has 4 saturated carbocycles. The molecule has 23 heavy (non-hydrogen) atoms. The van der Waals surface area contributed by atoms with Crippen molar-refractivity contribution in [2.75, 3.05) is 6.61 Å². The lowest BCUT2D eigenvalue weighted by molar-refractivity contribution is -0.177. The number of carbonyl (C=O) groups excluding carboxylic acids is 1. The van der Waals surface area contributed by atoms with E-state index in [1.165, 1.54) is 0 Å². The topological polar surface area (TPSA) is 80.7 Å². The third-order valence-electron chi connectivity index (χ3n) is 5.49. The molecule has 0 radical (unpaired) electrons. The second kappa shape index (κ2) is 5.34. The molecule has 1 N–H and O–H groups in total. The second-order valence-corrected chi connectivity index (χ2v) is 8.96. The van der Waals surface area contributed by atoms with Gasteiger partial charge in [-0.1, -0.05) is 0 Å². The van der Waals surface area contributed by atoms with E-state index < -0.39 is 27.5 Å². The van der Waals surface area contributed by atoms with Crippen LogP contribution >= 0.6 is 0 Å². The number of hydrogen-bond acceptors (Lipinski definition) is 4. The van der Waals surface area contributed by atoms with Crippen molar-refractivity contribution in [2.45, 2.75) is 50.0 Å². The van der Waals surface area contributed by atoms with Gasteiger partial charge in [0.2, 0.25) is 0 Å². The molecule has 0 aromatic rings. The number of hydrogen-bond donors (Lipinski definition) is 1. The Bertz CT molecular complexity index is 563. The number of esters is 1. The van der Waals surface area contributed by atoms with E-state index in [0.717, 1.165) is 38.5 Å². The Morgan fingerprint density at radius 1 is 1.13 bits per heavy atom. The van der Waals surface area contributed by atoms with Crippen LogP contribution in [0.5, 0.6) is 0 Å². The standard InChI is InChI=1S/C14H19F3O5S/c15-14(16,17)11(23(19,20)21)12(18)22-7-13-4-8-1-9(5-13)3-10(2-8)6-13/h8-11H,1-7H2,(H,19,20,21). The zero-order valence-electron chi connectivity index (χ0n) is 12.4. The van der Waals surface area contributed by atoms with Crippen LogP contribution in [0.1, 0.15) is 38.5 Å². The van der Waals surface area contributed by atoms with Crippen molar-refractivity contribution in [2.24, 2.45) is 23.2 Å². The van der Waals surface area contributed by atoms with Crippen molar-refractivity contribution >= 4 is 16.1 Å². The summed E-state index contributed by atoms with van der Waals surface area (Å²) >= 11 is 0. The summed E-state index contributed by atoms with van der Waals surface area (Å²) in [6.07, 6.45) is 0.431. The second-order valence-electron chi connectivity index (χ2n) is 7.46. The largest absolute Gasteiger partial charge is 0.464 e. The lowest BCUT2D eigenvalue weighted by Crippen LogP contribution is -2.50. The third kappa shape index (κ3) is 3.35. The van der Waals surface area contributed by atoms with Crippen molar-refractivity contribution < 1.29 is 35.7 Å². The Morgan fingerprint density at radius 2 is 1.57 bits per heavy atom. The van der Waals surface area contributed by atoms with Crippen LogP contribution in [0.2, 0.25) is 0 Å². The fourth-order valence-corrected chi connectivity index (χ4v) is 5.84. The third-order valence-corrected chi connectivity index (χ3v) is 6.55. The first kappa shape index (κ1) is 17.0. The summed E-state index contributed by atoms with van der Waals surface area (Å²) in [6.45, 7) is -0.197.